The van der Waals surface area contributed by atoms with Gasteiger partial charge in [0.05, 0.1) is 18.1 Å². The SMILES string of the molecule is Cc1ccc(C(OC(=O)C(F)(F)F)(C(N)=O)C(F)(F)F)cc1-c1cnc(N)c(-c2cnnn2C)n1. The van der Waals surface area contributed by atoms with Gasteiger partial charge in [0.15, 0.2) is 5.82 Å². The molecule has 0 aliphatic rings. The zero-order valence-electron chi connectivity index (χ0n) is 17.8. The van der Waals surface area contributed by atoms with E-state index in [1.54, 1.807) is 0 Å². The lowest BCUT2D eigenvalue weighted by molar-refractivity contribution is -0.280. The van der Waals surface area contributed by atoms with E-state index in [9.17, 15) is 35.9 Å². The highest BCUT2D eigenvalue weighted by Gasteiger charge is 2.66. The molecule has 0 radical (unpaired) electrons. The van der Waals surface area contributed by atoms with Crippen LogP contribution in [0, 0.1) is 6.92 Å². The van der Waals surface area contributed by atoms with Crippen LogP contribution in [0.25, 0.3) is 22.6 Å². The van der Waals surface area contributed by atoms with Crippen LogP contribution in [0.15, 0.2) is 30.6 Å². The minimum atomic E-state index is -5.86. The molecule has 186 valence electrons. The first-order valence-electron chi connectivity index (χ1n) is 9.35. The third-order valence-electron chi connectivity index (χ3n) is 4.90. The fraction of sp³-hybridized carbons (Fsp3) is 0.263. The maximum atomic E-state index is 14.0. The van der Waals surface area contributed by atoms with Crippen molar-refractivity contribution in [2.75, 3.05) is 5.73 Å². The van der Waals surface area contributed by atoms with Gasteiger partial charge in [0.2, 0.25) is 0 Å². The Bertz CT molecular complexity index is 1300. The number of halogens is 6. The van der Waals surface area contributed by atoms with Crippen LogP contribution in [0.1, 0.15) is 11.1 Å². The molecule has 2 heterocycles. The molecule has 0 spiro atoms. The number of primary amides is 1. The zero-order chi connectivity index (χ0) is 26.3. The number of alkyl halides is 6. The van der Waals surface area contributed by atoms with Crippen molar-refractivity contribution < 1.29 is 40.7 Å². The maximum absolute atomic E-state index is 14.0. The lowest BCUT2D eigenvalue weighted by atomic mass is 9.88. The number of esters is 1. The largest absolute Gasteiger partial charge is 0.490 e. The molecule has 1 aromatic carbocycles. The minimum absolute atomic E-state index is 0.0558. The van der Waals surface area contributed by atoms with Gasteiger partial charge >= 0.3 is 23.9 Å². The standard InChI is InChI=1S/C19H15F6N7O3/c1-8-3-4-9(17(15(27)33,19(23,24)25)35-16(34)18(20,21)22)5-10(8)11-6-28-14(26)13(30-11)12-7-29-31-32(12)2/h3-7H,1-2H3,(H2,26,28)(H2,27,33). The molecular formula is C19H15F6N7O3. The topological polar surface area (TPSA) is 152 Å². The number of hydrogen-bond acceptors (Lipinski definition) is 8. The van der Waals surface area contributed by atoms with Crippen molar-refractivity contribution in [1.29, 1.82) is 0 Å². The Morgan fingerprint density at radius 3 is 2.26 bits per heavy atom. The first-order valence-corrected chi connectivity index (χ1v) is 9.35. The van der Waals surface area contributed by atoms with Crippen LogP contribution >= 0.6 is 0 Å². The molecule has 0 bridgehead atoms. The zero-order valence-corrected chi connectivity index (χ0v) is 17.8. The molecule has 4 N–H and O–H groups in total. The molecule has 2 aromatic heterocycles. The molecule has 1 unspecified atom stereocenters. The van der Waals surface area contributed by atoms with Crippen molar-refractivity contribution in [1.82, 2.24) is 25.0 Å². The summed E-state index contributed by atoms with van der Waals surface area (Å²) >= 11 is 0. The average molecular weight is 503 g/mol. The van der Waals surface area contributed by atoms with E-state index >= 15 is 0 Å². The lowest BCUT2D eigenvalue weighted by Crippen LogP contribution is -2.57. The van der Waals surface area contributed by atoms with Gasteiger partial charge in [0.1, 0.15) is 11.4 Å². The first-order chi connectivity index (χ1) is 16.1. The average Bonchev–Trinajstić information content (AvgIpc) is 3.16. The quantitative estimate of drug-likeness (QED) is 0.397. The van der Waals surface area contributed by atoms with Gasteiger partial charge in [-0.05, 0) is 18.6 Å². The second-order valence-electron chi connectivity index (χ2n) is 7.19. The summed E-state index contributed by atoms with van der Waals surface area (Å²) in [5, 5.41) is 7.39. The number of aryl methyl sites for hydroxylation is 2. The highest BCUT2D eigenvalue weighted by atomic mass is 19.4. The Kier molecular flexibility index (Phi) is 6.18. The van der Waals surface area contributed by atoms with Gasteiger partial charge in [-0.2, -0.15) is 26.3 Å². The minimum Gasteiger partial charge on any atom is -0.427 e. The van der Waals surface area contributed by atoms with Crippen LogP contribution in [0.4, 0.5) is 32.2 Å². The molecule has 0 saturated heterocycles. The summed E-state index contributed by atoms with van der Waals surface area (Å²) in [4.78, 5) is 31.5. The number of nitrogens with two attached hydrogens (primary N) is 2. The van der Waals surface area contributed by atoms with Crippen LogP contribution in [-0.4, -0.2) is 49.2 Å². The van der Waals surface area contributed by atoms with Crippen LogP contribution in [0.3, 0.4) is 0 Å². The number of rotatable bonds is 5. The fourth-order valence-electron chi connectivity index (χ4n) is 3.15. The fourth-order valence-corrected chi connectivity index (χ4v) is 3.15. The van der Waals surface area contributed by atoms with Crippen molar-refractivity contribution in [2.45, 2.75) is 24.9 Å². The molecule has 10 nitrogen and oxygen atoms in total. The Morgan fingerprint density at radius 2 is 1.74 bits per heavy atom. The molecular weight excluding hydrogens is 488 g/mol. The summed E-state index contributed by atoms with van der Waals surface area (Å²) in [5.41, 5.74) is 5.55. The predicted octanol–water partition coefficient (Wildman–Crippen LogP) is 2.18. The predicted molar refractivity (Wildman–Crippen MR) is 106 cm³/mol. The highest BCUT2D eigenvalue weighted by molar-refractivity contribution is 5.90. The van der Waals surface area contributed by atoms with E-state index in [1.165, 1.54) is 24.9 Å². The third-order valence-corrected chi connectivity index (χ3v) is 4.90. The van der Waals surface area contributed by atoms with Crippen molar-refractivity contribution >= 4 is 17.7 Å². The number of carbonyl (C=O) groups excluding carboxylic acids is 2. The van der Waals surface area contributed by atoms with Crippen molar-refractivity contribution in [2.24, 2.45) is 12.8 Å². The van der Waals surface area contributed by atoms with Crippen molar-refractivity contribution in [3.05, 3.63) is 41.7 Å². The third kappa shape index (κ3) is 4.45. The Balaban J connectivity index is 2.25. The van der Waals surface area contributed by atoms with Gasteiger partial charge in [0.25, 0.3) is 5.91 Å². The summed E-state index contributed by atoms with van der Waals surface area (Å²) in [6.07, 6.45) is -9.31. The number of anilines is 1. The molecule has 16 heteroatoms. The first kappa shape index (κ1) is 25.4. The molecule has 1 atom stereocenters. The van der Waals surface area contributed by atoms with Crippen molar-refractivity contribution in [3.63, 3.8) is 0 Å². The number of benzene rings is 1. The van der Waals surface area contributed by atoms with Gasteiger partial charge < -0.3 is 16.2 Å². The summed E-state index contributed by atoms with van der Waals surface area (Å²) in [5.74, 6) is -5.72. The summed E-state index contributed by atoms with van der Waals surface area (Å²) in [6, 6.07) is 2.40. The molecule has 0 aliphatic carbocycles. The Labute approximate surface area is 191 Å². The van der Waals surface area contributed by atoms with Crippen LogP contribution in [0.5, 0.6) is 0 Å². The van der Waals surface area contributed by atoms with Gasteiger partial charge in [0, 0.05) is 18.2 Å². The second kappa shape index (κ2) is 8.52. The van der Waals surface area contributed by atoms with E-state index < -0.39 is 35.4 Å². The van der Waals surface area contributed by atoms with E-state index in [4.69, 9.17) is 11.5 Å². The summed E-state index contributed by atoms with van der Waals surface area (Å²) in [6.45, 7) is 1.45. The van der Waals surface area contributed by atoms with Crippen LogP contribution < -0.4 is 11.5 Å². The number of carbonyl (C=O) groups is 2. The summed E-state index contributed by atoms with van der Waals surface area (Å²) in [7, 11) is 1.52. The Hall–Kier alpha value is -4.24. The number of aromatic nitrogens is 5. The van der Waals surface area contributed by atoms with Crippen LogP contribution in [0.2, 0.25) is 0 Å². The number of nitrogen functional groups attached to an aromatic ring is 1. The highest BCUT2D eigenvalue weighted by Crippen LogP contribution is 2.45. The smallest absolute Gasteiger partial charge is 0.427 e. The second-order valence-corrected chi connectivity index (χ2v) is 7.19. The van der Waals surface area contributed by atoms with Crippen molar-refractivity contribution in [3.8, 4) is 22.6 Å². The lowest BCUT2D eigenvalue weighted by Gasteiger charge is -2.33. The van der Waals surface area contributed by atoms with E-state index in [1.807, 2.05) is 0 Å². The summed E-state index contributed by atoms with van der Waals surface area (Å²) < 4.78 is 85.4. The van der Waals surface area contributed by atoms with E-state index in [0.29, 0.717) is 17.8 Å². The molecule has 3 aromatic rings. The van der Waals surface area contributed by atoms with Gasteiger partial charge in [-0.1, -0.05) is 17.3 Å². The molecule has 35 heavy (non-hydrogen) atoms. The molecule has 0 aliphatic heterocycles. The molecule has 0 saturated carbocycles. The monoisotopic (exact) mass is 503 g/mol. The molecule has 3 rings (SSSR count). The molecule has 1 amide bonds. The number of hydrogen-bond donors (Lipinski definition) is 2. The Morgan fingerprint density at radius 1 is 1.09 bits per heavy atom. The number of amides is 1. The van der Waals surface area contributed by atoms with E-state index in [2.05, 4.69) is 25.0 Å². The maximum Gasteiger partial charge on any atom is 0.490 e. The number of nitrogens with zero attached hydrogens (tertiary/aromatic N) is 5. The van der Waals surface area contributed by atoms with Gasteiger partial charge in [-0.3, -0.25) is 4.79 Å². The van der Waals surface area contributed by atoms with Gasteiger partial charge in [-0.25, -0.2) is 19.4 Å². The molecule has 0 fully saturated rings. The van der Waals surface area contributed by atoms with Crippen LogP contribution in [-0.2, 0) is 27.0 Å². The van der Waals surface area contributed by atoms with E-state index in [-0.39, 0.29) is 28.3 Å². The number of ether oxygens (including phenoxy) is 1. The van der Waals surface area contributed by atoms with Gasteiger partial charge in [-0.15, -0.1) is 5.10 Å². The van der Waals surface area contributed by atoms with E-state index in [0.717, 1.165) is 12.3 Å². The normalized spacial score (nSPS) is 13.8.